The van der Waals surface area contributed by atoms with Crippen molar-refractivity contribution in [3.8, 4) is 0 Å². The molecule has 0 fully saturated rings. The maximum absolute atomic E-state index is 12.6. The van der Waals surface area contributed by atoms with Crippen molar-refractivity contribution >= 4 is 11.8 Å². The first-order chi connectivity index (χ1) is 14.5. The third kappa shape index (κ3) is 8.64. The van der Waals surface area contributed by atoms with E-state index in [-0.39, 0.29) is 18.1 Å². The van der Waals surface area contributed by atoms with Crippen molar-refractivity contribution in [3.63, 3.8) is 0 Å². The van der Waals surface area contributed by atoms with Crippen molar-refractivity contribution in [2.24, 2.45) is 0 Å². The van der Waals surface area contributed by atoms with Gasteiger partial charge in [0.25, 0.3) is 0 Å². The highest BCUT2D eigenvalue weighted by Crippen LogP contribution is 2.15. The first-order valence-electron chi connectivity index (χ1n) is 11.3. The summed E-state index contributed by atoms with van der Waals surface area (Å²) in [5, 5.41) is 0. The van der Waals surface area contributed by atoms with Gasteiger partial charge < -0.3 is 4.74 Å². The second-order valence-corrected chi connectivity index (χ2v) is 7.61. The zero-order valence-electron chi connectivity index (χ0n) is 18.8. The molecule has 0 aliphatic carbocycles. The van der Waals surface area contributed by atoms with Gasteiger partial charge in [-0.3, -0.25) is 9.59 Å². The molecular weight excluding hydrogens is 360 g/mol. The molecule has 0 aromatic heterocycles. The van der Waals surface area contributed by atoms with Gasteiger partial charge in [-0.2, -0.15) is 0 Å². The number of carbonyl (C=O) groups excluding carboxylic acids is 2. The van der Waals surface area contributed by atoms with Gasteiger partial charge in [0.05, 0.1) is 7.11 Å². The minimum Gasteiger partial charge on any atom is -0.469 e. The number of hydrogen-bond donors (Lipinski definition) is 0. The van der Waals surface area contributed by atoms with Crippen LogP contribution in [0.2, 0.25) is 0 Å². The van der Waals surface area contributed by atoms with Crippen LogP contribution < -0.4 is 0 Å². The van der Waals surface area contributed by atoms with Crippen molar-refractivity contribution in [1.29, 1.82) is 0 Å². The number of ketones is 1. The van der Waals surface area contributed by atoms with E-state index in [1.165, 1.54) is 20.0 Å². The molecule has 0 aliphatic heterocycles. The highest BCUT2D eigenvalue weighted by molar-refractivity contribution is 6.08. The molecule has 0 amide bonds. The number of aryl methyl sites for hydroxylation is 2. The molecule has 0 heterocycles. The first kappa shape index (κ1) is 21.3. The largest absolute Gasteiger partial charge is 0.469 e. The quantitative estimate of drug-likeness (QED) is 0.222. The standard InChI is InChI=1S/C26H34O3/c1-21-13-17-23(18-14-21)26(28)24-19-15-22(16-20-24)11-9-7-5-3-4-6-8-10-12-25(27)29-2/h13-20H,3-12H2,1-2H3/i11D. The van der Waals surface area contributed by atoms with Gasteiger partial charge in [-0.15, -0.1) is 0 Å². The third-order valence-electron chi connectivity index (χ3n) is 5.18. The van der Waals surface area contributed by atoms with Gasteiger partial charge in [0.1, 0.15) is 0 Å². The van der Waals surface area contributed by atoms with Crippen LogP contribution in [-0.2, 0) is 15.9 Å². The normalized spacial score (nSPS) is 12.3. The summed E-state index contributed by atoms with van der Waals surface area (Å²) >= 11 is 0. The second kappa shape index (κ2) is 12.9. The van der Waals surface area contributed by atoms with Gasteiger partial charge >= 0.3 is 5.97 Å². The summed E-state index contributed by atoms with van der Waals surface area (Å²) in [5.74, 6) is -0.0984. The molecule has 2 rings (SSSR count). The highest BCUT2D eigenvalue weighted by atomic mass is 16.5. The van der Waals surface area contributed by atoms with E-state index in [9.17, 15) is 9.59 Å². The van der Waals surface area contributed by atoms with Crippen LogP contribution in [0.5, 0.6) is 0 Å². The maximum Gasteiger partial charge on any atom is 0.305 e. The first-order valence-corrected chi connectivity index (χ1v) is 10.7. The van der Waals surface area contributed by atoms with E-state index in [1.807, 2.05) is 55.5 Å². The molecule has 0 N–H and O–H groups in total. The van der Waals surface area contributed by atoms with Gasteiger partial charge in [-0.25, -0.2) is 0 Å². The van der Waals surface area contributed by atoms with E-state index in [1.54, 1.807) is 0 Å². The topological polar surface area (TPSA) is 43.4 Å². The molecule has 156 valence electrons. The van der Waals surface area contributed by atoms with Crippen LogP contribution in [0.1, 0.15) is 86.2 Å². The average Bonchev–Trinajstić information content (AvgIpc) is 2.77. The maximum atomic E-state index is 12.6. The van der Waals surface area contributed by atoms with Crippen LogP contribution in [-0.4, -0.2) is 18.9 Å². The van der Waals surface area contributed by atoms with E-state index in [0.29, 0.717) is 17.5 Å². The molecule has 3 heteroatoms. The van der Waals surface area contributed by atoms with E-state index in [2.05, 4.69) is 4.74 Å². The molecule has 3 nitrogen and oxygen atoms in total. The monoisotopic (exact) mass is 395 g/mol. The van der Waals surface area contributed by atoms with Crippen LogP contribution in [0.25, 0.3) is 0 Å². The number of rotatable bonds is 13. The zero-order valence-corrected chi connectivity index (χ0v) is 17.8. The fraction of sp³-hybridized carbons (Fsp3) is 0.462. The molecule has 0 spiro atoms. The van der Waals surface area contributed by atoms with E-state index < -0.39 is 0 Å². The Labute approximate surface area is 176 Å². The van der Waals surface area contributed by atoms with Gasteiger partial charge in [-0.05, 0) is 31.7 Å². The fourth-order valence-electron chi connectivity index (χ4n) is 3.31. The summed E-state index contributed by atoms with van der Waals surface area (Å²) in [4.78, 5) is 23.6. The molecule has 0 radical (unpaired) electrons. The molecule has 2 aromatic rings. The molecule has 1 unspecified atom stereocenters. The number of hydrogen-bond acceptors (Lipinski definition) is 3. The van der Waals surface area contributed by atoms with Crippen molar-refractivity contribution < 1.29 is 15.7 Å². The van der Waals surface area contributed by atoms with Gasteiger partial charge in [0.2, 0.25) is 0 Å². The van der Waals surface area contributed by atoms with E-state index >= 15 is 0 Å². The van der Waals surface area contributed by atoms with E-state index in [4.69, 9.17) is 1.37 Å². The van der Waals surface area contributed by atoms with Crippen molar-refractivity contribution in [3.05, 3.63) is 70.8 Å². The lowest BCUT2D eigenvalue weighted by molar-refractivity contribution is -0.140. The number of benzene rings is 2. The van der Waals surface area contributed by atoms with Crippen LogP contribution in [0, 0.1) is 6.92 Å². The summed E-state index contributed by atoms with van der Waals surface area (Å²) in [6, 6.07) is 15.1. The SMILES string of the molecule is [2H]C(CCCCCCCCCC(=O)OC)c1ccc(C(=O)c2ccc(C)cc2)cc1. The lowest BCUT2D eigenvalue weighted by Crippen LogP contribution is -2.01. The third-order valence-corrected chi connectivity index (χ3v) is 5.18. The van der Waals surface area contributed by atoms with Crippen LogP contribution >= 0.6 is 0 Å². The summed E-state index contributed by atoms with van der Waals surface area (Å²) in [5.41, 5.74) is 3.47. The Morgan fingerprint density at radius 1 is 0.759 bits per heavy atom. The van der Waals surface area contributed by atoms with Crippen LogP contribution in [0.3, 0.4) is 0 Å². The summed E-state index contributed by atoms with van der Waals surface area (Å²) in [7, 11) is 1.43. The molecule has 0 saturated carbocycles. The predicted molar refractivity (Wildman–Crippen MR) is 118 cm³/mol. The molecule has 0 aliphatic rings. The molecule has 0 saturated heterocycles. The van der Waals surface area contributed by atoms with Gasteiger partial charge in [0.15, 0.2) is 5.78 Å². The lowest BCUT2D eigenvalue weighted by atomic mass is 9.99. The Kier molecular flexibility index (Phi) is 9.49. The van der Waals surface area contributed by atoms with Gasteiger partial charge in [0, 0.05) is 18.9 Å². The summed E-state index contributed by atoms with van der Waals surface area (Å²) in [6.07, 6.45) is 8.78. The Morgan fingerprint density at radius 3 is 1.79 bits per heavy atom. The van der Waals surface area contributed by atoms with Crippen LogP contribution in [0.15, 0.2) is 48.5 Å². The molecule has 0 bridgehead atoms. The number of ether oxygens (including phenoxy) is 1. The Hall–Kier alpha value is -2.42. The Bertz CT molecular complexity index is 781. The fourth-order valence-corrected chi connectivity index (χ4v) is 3.31. The minimum absolute atomic E-state index is 0.0228. The summed E-state index contributed by atoms with van der Waals surface area (Å²) < 4.78 is 13.0. The Balaban J connectivity index is 1.65. The molecular formula is C26H34O3. The lowest BCUT2D eigenvalue weighted by Gasteiger charge is -2.05. The number of methoxy groups -OCH3 is 1. The Morgan fingerprint density at radius 2 is 1.24 bits per heavy atom. The number of esters is 1. The molecule has 29 heavy (non-hydrogen) atoms. The molecule has 1 atom stereocenters. The molecule has 2 aromatic carbocycles. The smallest absolute Gasteiger partial charge is 0.305 e. The van der Waals surface area contributed by atoms with E-state index in [0.717, 1.165) is 49.7 Å². The van der Waals surface area contributed by atoms with Crippen molar-refractivity contribution in [2.45, 2.75) is 71.1 Å². The average molecular weight is 396 g/mol. The predicted octanol–water partition coefficient (Wildman–Crippen LogP) is 6.45. The summed E-state index contributed by atoms with van der Waals surface area (Å²) in [6.45, 7) is 2.01. The highest BCUT2D eigenvalue weighted by Gasteiger charge is 2.08. The number of carbonyl (C=O) groups is 2. The zero-order chi connectivity index (χ0) is 21.8. The number of unbranched alkanes of at least 4 members (excludes halogenated alkanes) is 6. The van der Waals surface area contributed by atoms with Crippen molar-refractivity contribution in [1.82, 2.24) is 0 Å². The minimum atomic E-state index is -0.242. The van der Waals surface area contributed by atoms with Crippen LogP contribution in [0.4, 0.5) is 0 Å². The van der Waals surface area contributed by atoms with Gasteiger partial charge in [-0.1, -0.05) is 92.6 Å². The van der Waals surface area contributed by atoms with Crippen molar-refractivity contribution in [2.75, 3.05) is 7.11 Å². The second-order valence-electron chi connectivity index (χ2n) is 7.61.